The van der Waals surface area contributed by atoms with Crippen LogP contribution in [0.3, 0.4) is 0 Å². The van der Waals surface area contributed by atoms with Crippen molar-refractivity contribution < 1.29 is 14.3 Å². The van der Waals surface area contributed by atoms with Crippen LogP contribution in [-0.2, 0) is 11.2 Å². The predicted octanol–water partition coefficient (Wildman–Crippen LogP) is 3.32. The zero-order chi connectivity index (χ0) is 11.6. The first-order valence-corrected chi connectivity index (χ1v) is 5.30. The average molecular weight is 231 g/mol. The first kappa shape index (κ1) is 12.1. The lowest BCUT2D eigenvalue weighted by atomic mass is 10.1. The summed E-state index contributed by atoms with van der Waals surface area (Å²) < 4.78 is 5.50. The van der Waals surface area contributed by atoms with E-state index >= 15 is 0 Å². The Morgan fingerprint density at radius 1 is 1.53 bits per heavy atom. The van der Waals surface area contributed by atoms with Gasteiger partial charge in [-0.25, -0.2) is 0 Å². The molecule has 0 aliphatic carbocycles. The summed E-state index contributed by atoms with van der Waals surface area (Å²) in [7, 11) is 0. The highest BCUT2D eigenvalue weighted by Gasteiger charge is 2.17. The molecular weight excluding hydrogens is 216 g/mol. The van der Waals surface area contributed by atoms with Crippen molar-refractivity contribution in [1.29, 1.82) is 0 Å². The maximum absolute atomic E-state index is 10.7. The fourth-order valence-electron chi connectivity index (χ4n) is 1.32. The Morgan fingerprint density at radius 2 is 2.13 bits per heavy atom. The van der Waals surface area contributed by atoms with Gasteiger partial charge in [0.1, 0.15) is 11.5 Å². The quantitative estimate of drug-likeness (QED) is 0.863. The molecule has 1 heterocycles. The number of carbonyl (C=O) groups is 1. The Kier molecular flexibility index (Phi) is 3.80. The summed E-state index contributed by atoms with van der Waals surface area (Å²) in [6.45, 7) is 5.61. The molecule has 1 N–H and O–H groups in total. The van der Waals surface area contributed by atoms with Gasteiger partial charge < -0.3 is 9.52 Å². The van der Waals surface area contributed by atoms with E-state index in [0.29, 0.717) is 17.2 Å². The Morgan fingerprint density at radius 3 is 2.53 bits per heavy atom. The molecule has 0 bridgehead atoms. The number of aliphatic carboxylic acids is 1. The van der Waals surface area contributed by atoms with Crippen molar-refractivity contribution >= 4 is 17.6 Å². The molecule has 1 atom stereocenters. The molecule has 15 heavy (non-hydrogen) atoms. The lowest BCUT2D eigenvalue weighted by Gasteiger charge is -2.03. The number of hydrogen-bond donors (Lipinski definition) is 1. The van der Waals surface area contributed by atoms with E-state index in [1.165, 1.54) is 0 Å². The second kappa shape index (κ2) is 4.71. The molecular formula is C11H15ClO3. The van der Waals surface area contributed by atoms with Crippen LogP contribution in [0.2, 0.25) is 5.02 Å². The molecule has 0 saturated carbocycles. The SMILES string of the molecule is CC(Cc1cc(Cl)c(C(C)C)o1)C(=O)O. The number of carboxylic acid groups (broad SMARTS) is 1. The zero-order valence-corrected chi connectivity index (χ0v) is 9.84. The zero-order valence-electron chi connectivity index (χ0n) is 9.08. The highest BCUT2D eigenvalue weighted by atomic mass is 35.5. The Balaban J connectivity index is 2.79. The first-order chi connectivity index (χ1) is 6.91. The molecule has 1 aromatic heterocycles. The first-order valence-electron chi connectivity index (χ1n) is 4.92. The molecule has 1 rings (SSSR count). The van der Waals surface area contributed by atoms with Gasteiger partial charge in [0.2, 0.25) is 0 Å². The lowest BCUT2D eigenvalue weighted by molar-refractivity contribution is -0.141. The van der Waals surface area contributed by atoms with Crippen molar-refractivity contribution in [3.8, 4) is 0 Å². The van der Waals surface area contributed by atoms with Gasteiger partial charge in [0, 0.05) is 12.3 Å². The standard InChI is InChI=1S/C11H15ClO3/c1-6(2)10-9(12)5-8(15-10)4-7(3)11(13)14/h5-7H,4H2,1-3H3,(H,13,14). The fraction of sp³-hybridized carbons (Fsp3) is 0.545. The van der Waals surface area contributed by atoms with Crippen molar-refractivity contribution in [2.24, 2.45) is 5.92 Å². The van der Waals surface area contributed by atoms with E-state index in [1.54, 1.807) is 13.0 Å². The van der Waals surface area contributed by atoms with Crippen molar-refractivity contribution in [3.63, 3.8) is 0 Å². The van der Waals surface area contributed by atoms with Crippen LogP contribution in [0.5, 0.6) is 0 Å². The summed E-state index contributed by atoms with van der Waals surface area (Å²) >= 11 is 5.96. The molecule has 0 aromatic carbocycles. The second-order valence-corrected chi connectivity index (χ2v) is 4.43. The van der Waals surface area contributed by atoms with Gasteiger partial charge >= 0.3 is 5.97 Å². The summed E-state index contributed by atoms with van der Waals surface area (Å²) in [5.74, 6) is 0.301. The van der Waals surface area contributed by atoms with Crippen LogP contribution in [-0.4, -0.2) is 11.1 Å². The Labute approximate surface area is 94.0 Å². The van der Waals surface area contributed by atoms with E-state index in [0.717, 1.165) is 5.76 Å². The second-order valence-electron chi connectivity index (χ2n) is 4.02. The molecule has 0 saturated heterocycles. The molecule has 0 fully saturated rings. The van der Waals surface area contributed by atoms with Crippen LogP contribution in [0.4, 0.5) is 0 Å². The maximum Gasteiger partial charge on any atom is 0.306 e. The van der Waals surface area contributed by atoms with Gasteiger partial charge in [0.05, 0.1) is 10.9 Å². The molecule has 0 aliphatic rings. The molecule has 0 aliphatic heterocycles. The van der Waals surface area contributed by atoms with Crippen molar-refractivity contribution in [1.82, 2.24) is 0 Å². The lowest BCUT2D eigenvalue weighted by Crippen LogP contribution is -2.11. The fourth-order valence-corrected chi connectivity index (χ4v) is 1.69. The minimum Gasteiger partial charge on any atom is -0.481 e. The Hall–Kier alpha value is -0.960. The largest absolute Gasteiger partial charge is 0.481 e. The number of hydrogen-bond acceptors (Lipinski definition) is 2. The van der Waals surface area contributed by atoms with Gasteiger partial charge in [-0.05, 0) is 6.07 Å². The molecule has 0 radical (unpaired) electrons. The highest BCUT2D eigenvalue weighted by Crippen LogP contribution is 2.28. The van der Waals surface area contributed by atoms with Gasteiger partial charge in [0.25, 0.3) is 0 Å². The topological polar surface area (TPSA) is 50.4 Å². The van der Waals surface area contributed by atoms with Gasteiger partial charge in [-0.15, -0.1) is 0 Å². The minimum absolute atomic E-state index is 0.214. The summed E-state index contributed by atoms with van der Waals surface area (Å²) in [6, 6.07) is 1.70. The van der Waals surface area contributed by atoms with Crippen molar-refractivity contribution in [2.75, 3.05) is 0 Å². The van der Waals surface area contributed by atoms with Gasteiger partial charge in [0.15, 0.2) is 0 Å². The highest BCUT2D eigenvalue weighted by molar-refractivity contribution is 6.31. The summed E-state index contributed by atoms with van der Waals surface area (Å²) in [5, 5.41) is 9.34. The summed E-state index contributed by atoms with van der Waals surface area (Å²) in [6.07, 6.45) is 0.377. The molecule has 3 nitrogen and oxygen atoms in total. The van der Waals surface area contributed by atoms with Crippen LogP contribution in [0.1, 0.15) is 38.2 Å². The minimum atomic E-state index is -0.825. The molecule has 1 unspecified atom stereocenters. The monoisotopic (exact) mass is 230 g/mol. The van der Waals surface area contributed by atoms with E-state index in [2.05, 4.69) is 0 Å². The predicted molar refractivity (Wildman–Crippen MR) is 58.3 cm³/mol. The molecule has 0 amide bonds. The van der Waals surface area contributed by atoms with Crippen LogP contribution < -0.4 is 0 Å². The average Bonchev–Trinajstić information content (AvgIpc) is 2.46. The van der Waals surface area contributed by atoms with Crippen LogP contribution in [0, 0.1) is 5.92 Å². The summed E-state index contributed by atoms with van der Waals surface area (Å²) in [5.41, 5.74) is 0. The Bertz CT molecular complexity index is 355. The van der Waals surface area contributed by atoms with E-state index in [-0.39, 0.29) is 5.92 Å². The van der Waals surface area contributed by atoms with Crippen molar-refractivity contribution in [3.05, 3.63) is 22.6 Å². The molecule has 1 aromatic rings. The third kappa shape index (κ3) is 2.99. The number of rotatable bonds is 4. The smallest absolute Gasteiger partial charge is 0.306 e. The third-order valence-electron chi connectivity index (χ3n) is 2.22. The van der Waals surface area contributed by atoms with Gasteiger partial charge in [-0.1, -0.05) is 32.4 Å². The van der Waals surface area contributed by atoms with E-state index < -0.39 is 11.9 Å². The van der Waals surface area contributed by atoms with Crippen LogP contribution >= 0.6 is 11.6 Å². The van der Waals surface area contributed by atoms with Crippen LogP contribution in [0.25, 0.3) is 0 Å². The normalized spacial score (nSPS) is 13.1. The number of halogens is 1. The van der Waals surface area contributed by atoms with E-state index in [4.69, 9.17) is 21.1 Å². The van der Waals surface area contributed by atoms with Gasteiger partial charge in [-0.2, -0.15) is 0 Å². The maximum atomic E-state index is 10.7. The molecule has 0 spiro atoms. The van der Waals surface area contributed by atoms with E-state index in [1.807, 2.05) is 13.8 Å². The summed E-state index contributed by atoms with van der Waals surface area (Å²) in [4.78, 5) is 10.7. The third-order valence-corrected chi connectivity index (χ3v) is 2.51. The molecule has 4 heteroatoms. The number of furan rings is 1. The number of carboxylic acids is 1. The van der Waals surface area contributed by atoms with E-state index in [9.17, 15) is 4.79 Å². The van der Waals surface area contributed by atoms with Gasteiger partial charge in [-0.3, -0.25) is 4.79 Å². The van der Waals surface area contributed by atoms with Crippen LogP contribution in [0.15, 0.2) is 10.5 Å². The molecule has 84 valence electrons. The van der Waals surface area contributed by atoms with Crippen molar-refractivity contribution in [2.45, 2.75) is 33.1 Å².